The molecule has 7 heteroatoms. The fourth-order valence-electron chi connectivity index (χ4n) is 4.02. The van der Waals surface area contributed by atoms with Crippen molar-refractivity contribution in [3.05, 3.63) is 72.8 Å². The van der Waals surface area contributed by atoms with Crippen molar-refractivity contribution in [2.75, 3.05) is 38.2 Å². The number of hydrogen-bond acceptors (Lipinski definition) is 6. The Bertz CT molecular complexity index is 1130. The lowest BCUT2D eigenvalue weighted by Gasteiger charge is -2.35. The molecule has 152 valence electrons. The first-order valence-corrected chi connectivity index (χ1v) is 10.2. The fourth-order valence-corrected chi connectivity index (χ4v) is 4.02. The quantitative estimate of drug-likeness (QED) is 0.513. The predicted molar refractivity (Wildman–Crippen MR) is 117 cm³/mol. The Kier molecular flexibility index (Phi) is 5.03. The number of nitrogens with zero attached hydrogens (tertiary/aromatic N) is 6. The lowest BCUT2D eigenvalue weighted by atomic mass is 10.0. The van der Waals surface area contributed by atoms with Crippen molar-refractivity contribution >= 4 is 11.5 Å². The monoisotopic (exact) mass is 400 g/mol. The SMILES string of the molecule is COc1ccc(CN2CCN(c3ccccn3)CC2)cc1-c1cnn2cccnc12. The number of piperazine rings is 1. The van der Waals surface area contributed by atoms with Gasteiger partial charge in [-0.3, -0.25) is 4.90 Å². The maximum absolute atomic E-state index is 5.63. The molecule has 0 aliphatic carbocycles. The third-order valence-electron chi connectivity index (χ3n) is 5.59. The van der Waals surface area contributed by atoms with Crippen LogP contribution in [0.15, 0.2) is 67.3 Å². The number of aromatic nitrogens is 4. The lowest BCUT2D eigenvalue weighted by molar-refractivity contribution is 0.249. The number of fused-ring (bicyclic) bond motifs is 1. The first kappa shape index (κ1) is 18.6. The van der Waals surface area contributed by atoms with E-state index >= 15 is 0 Å². The average Bonchev–Trinajstić information content (AvgIpc) is 3.24. The Morgan fingerprint density at radius 2 is 1.80 bits per heavy atom. The maximum atomic E-state index is 5.63. The summed E-state index contributed by atoms with van der Waals surface area (Å²) in [4.78, 5) is 13.8. The molecule has 1 aliphatic heterocycles. The first-order valence-electron chi connectivity index (χ1n) is 10.2. The minimum Gasteiger partial charge on any atom is -0.496 e. The van der Waals surface area contributed by atoms with Crippen LogP contribution in [0.2, 0.25) is 0 Å². The minimum absolute atomic E-state index is 0.830. The van der Waals surface area contributed by atoms with Crippen LogP contribution in [0.25, 0.3) is 16.8 Å². The van der Waals surface area contributed by atoms with Gasteiger partial charge < -0.3 is 9.64 Å². The molecule has 0 unspecified atom stereocenters. The van der Waals surface area contributed by atoms with Gasteiger partial charge in [0.15, 0.2) is 5.65 Å². The number of hydrogen-bond donors (Lipinski definition) is 0. The first-order chi connectivity index (χ1) is 14.8. The van der Waals surface area contributed by atoms with Gasteiger partial charge >= 0.3 is 0 Å². The molecule has 0 spiro atoms. The van der Waals surface area contributed by atoms with Crippen molar-refractivity contribution in [1.82, 2.24) is 24.5 Å². The number of methoxy groups -OCH3 is 1. The van der Waals surface area contributed by atoms with Gasteiger partial charge in [-0.05, 0) is 35.9 Å². The number of pyridine rings is 1. The summed E-state index contributed by atoms with van der Waals surface area (Å²) in [7, 11) is 1.70. The fraction of sp³-hybridized carbons (Fsp3) is 0.261. The highest BCUT2D eigenvalue weighted by atomic mass is 16.5. The molecule has 7 nitrogen and oxygen atoms in total. The number of benzene rings is 1. The molecule has 0 atom stereocenters. The summed E-state index contributed by atoms with van der Waals surface area (Å²) in [6.45, 7) is 4.89. The van der Waals surface area contributed by atoms with Crippen LogP contribution in [0.5, 0.6) is 5.75 Å². The molecular weight excluding hydrogens is 376 g/mol. The van der Waals surface area contributed by atoms with Crippen molar-refractivity contribution in [2.24, 2.45) is 0 Å². The molecule has 1 aliphatic rings. The summed E-state index contributed by atoms with van der Waals surface area (Å²) < 4.78 is 7.42. The third kappa shape index (κ3) is 3.59. The molecule has 30 heavy (non-hydrogen) atoms. The van der Waals surface area contributed by atoms with Gasteiger partial charge in [0.1, 0.15) is 11.6 Å². The minimum atomic E-state index is 0.830. The van der Waals surface area contributed by atoms with Gasteiger partial charge in [0.25, 0.3) is 0 Å². The van der Waals surface area contributed by atoms with Crippen LogP contribution in [-0.4, -0.2) is 57.8 Å². The molecule has 1 saturated heterocycles. The Balaban J connectivity index is 1.34. The Morgan fingerprint density at radius 3 is 2.60 bits per heavy atom. The second-order valence-electron chi connectivity index (χ2n) is 7.43. The second-order valence-corrected chi connectivity index (χ2v) is 7.43. The molecule has 0 saturated carbocycles. The summed E-state index contributed by atoms with van der Waals surface area (Å²) in [6.07, 6.45) is 7.41. The van der Waals surface area contributed by atoms with E-state index in [9.17, 15) is 0 Å². The number of ether oxygens (including phenoxy) is 1. The maximum Gasteiger partial charge on any atom is 0.162 e. The van der Waals surface area contributed by atoms with Crippen LogP contribution >= 0.6 is 0 Å². The van der Waals surface area contributed by atoms with Gasteiger partial charge in [-0.15, -0.1) is 0 Å². The van der Waals surface area contributed by atoms with Gasteiger partial charge in [0, 0.05) is 56.9 Å². The van der Waals surface area contributed by atoms with Crippen LogP contribution < -0.4 is 9.64 Å². The number of rotatable bonds is 5. The molecule has 0 amide bonds. The highest BCUT2D eigenvalue weighted by Gasteiger charge is 2.19. The zero-order valence-corrected chi connectivity index (χ0v) is 17.0. The molecule has 3 aromatic heterocycles. The highest BCUT2D eigenvalue weighted by Crippen LogP contribution is 2.33. The highest BCUT2D eigenvalue weighted by molar-refractivity contribution is 5.81. The molecule has 1 aromatic carbocycles. The summed E-state index contributed by atoms with van der Waals surface area (Å²) in [5.74, 6) is 1.89. The van der Waals surface area contributed by atoms with Crippen molar-refractivity contribution < 1.29 is 4.74 Å². The number of anilines is 1. The zero-order chi connectivity index (χ0) is 20.3. The van der Waals surface area contributed by atoms with E-state index in [-0.39, 0.29) is 0 Å². The molecule has 0 N–H and O–H groups in total. The van der Waals surface area contributed by atoms with Crippen LogP contribution in [0.1, 0.15) is 5.56 Å². The van der Waals surface area contributed by atoms with E-state index in [1.807, 2.05) is 42.9 Å². The standard InChI is InChI=1S/C23H24N6O/c1-30-21-7-6-18(15-19(21)20-16-26-29-10-4-9-25-23(20)29)17-27-11-13-28(14-12-27)22-5-2-3-8-24-22/h2-10,15-16H,11-14,17H2,1H3. The molecule has 5 rings (SSSR count). The van der Waals surface area contributed by atoms with Crippen molar-refractivity contribution in [2.45, 2.75) is 6.54 Å². The Morgan fingerprint density at radius 1 is 0.933 bits per heavy atom. The van der Waals surface area contributed by atoms with Crippen LogP contribution in [0.3, 0.4) is 0 Å². The van der Waals surface area contributed by atoms with E-state index in [1.165, 1.54) is 5.56 Å². The van der Waals surface area contributed by atoms with Crippen molar-refractivity contribution in [3.8, 4) is 16.9 Å². The Hall–Kier alpha value is -3.45. The molecule has 0 bridgehead atoms. The predicted octanol–water partition coefficient (Wildman–Crippen LogP) is 3.12. The second kappa shape index (κ2) is 8.12. The summed E-state index contributed by atoms with van der Waals surface area (Å²) in [5.41, 5.74) is 4.09. The zero-order valence-electron chi connectivity index (χ0n) is 17.0. The van der Waals surface area contributed by atoms with E-state index in [1.54, 1.807) is 17.8 Å². The smallest absolute Gasteiger partial charge is 0.162 e. The van der Waals surface area contributed by atoms with E-state index in [0.29, 0.717) is 0 Å². The molecule has 1 fully saturated rings. The van der Waals surface area contributed by atoms with Crippen molar-refractivity contribution in [3.63, 3.8) is 0 Å². The van der Waals surface area contributed by atoms with Crippen molar-refractivity contribution in [1.29, 1.82) is 0 Å². The molecule has 4 heterocycles. The summed E-state index contributed by atoms with van der Waals surface area (Å²) >= 11 is 0. The van der Waals surface area contributed by atoms with Gasteiger partial charge in [0.2, 0.25) is 0 Å². The van der Waals surface area contributed by atoms with E-state index in [2.05, 4.69) is 43.1 Å². The Labute approximate surface area is 175 Å². The molecule has 0 radical (unpaired) electrons. The molecule has 4 aromatic rings. The normalized spacial score (nSPS) is 14.9. The van der Waals surface area contributed by atoms with E-state index in [0.717, 1.165) is 61.1 Å². The van der Waals surface area contributed by atoms with Crippen LogP contribution in [0, 0.1) is 0 Å². The largest absolute Gasteiger partial charge is 0.496 e. The third-order valence-corrected chi connectivity index (χ3v) is 5.59. The van der Waals surface area contributed by atoms with Crippen LogP contribution in [0.4, 0.5) is 5.82 Å². The van der Waals surface area contributed by atoms with Gasteiger partial charge in [-0.1, -0.05) is 12.1 Å². The van der Waals surface area contributed by atoms with Gasteiger partial charge in [0.05, 0.1) is 18.9 Å². The van der Waals surface area contributed by atoms with Gasteiger partial charge in [-0.25, -0.2) is 14.5 Å². The van der Waals surface area contributed by atoms with E-state index in [4.69, 9.17) is 4.74 Å². The molecular formula is C23H24N6O. The average molecular weight is 400 g/mol. The summed E-state index contributed by atoms with van der Waals surface area (Å²) in [5, 5.41) is 4.43. The summed E-state index contributed by atoms with van der Waals surface area (Å²) in [6, 6.07) is 14.4. The van der Waals surface area contributed by atoms with Gasteiger partial charge in [-0.2, -0.15) is 5.10 Å². The van der Waals surface area contributed by atoms with E-state index < -0.39 is 0 Å². The lowest BCUT2D eigenvalue weighted by Crippen LogP contribution is -2.46. The van der Waals surface area contributed by atoms with Crippen LogP contribution in [-0.2, 0) is 6.54 Å². The topological polar surface area (TPSA) is 58.8 Å².